The quantitative estimate of drug-likeness (QED) is 0.434. The molecule has 2 nitrogen and oxygen atoms in total. The maximum Gasteiger partial charge on any atom is 0.303 e. The fourth-order valence-corrected chi connectivity index (χ4v) is 0.492. The number of ether oxygens (including phenoxy) is 1. The Balaban J connectivity index is 3.13. The molecular formula is C4H7BrO2. The van der Waals surface area contributed by atoms with Gasteiger partial charge in [-0.3, -0.25) is 4.79 Å². The van der Waals surface area contributed by atoms with Crippen LogP contribution in [-0.4, -0.2) is 11.0 Å². The second-order valence-corrected chi connectivity index (χ2v) is 2.44. The van der Waals surface area contributed by atoms with Crippen molar-refractivity contribution in [3.63, 3.8) is 0 Å². The molecule has 0 radical (unpaired) electrons. The molecule has 7 heavy (non-hydrogen) atoms. The SMILES string of the molecule is CC(=O)O[C@@H](C)Br. The molecule has 0 fully saturated rings. The minimum atomic E-state index is -0.260. The van der Waals surface area contributed by atoms with Gasteiger partial charge in [0, 0.05) is 6.92 Å². The van der Waals surface area contributed by atoms with Crippen molar-refractivity contribution in [2.75, 3.05) is 0 Å². The molecule has 0 amide bonds. The Morgan fingerprint density at radius 3 is 2.29 bits per heavy atom. The fourth-order valence-electron chi connectivity index (χ4n) is 0.229. The van der Waals surface area contributed by atoms with Crippen molar-refractivity contribution in [3.05, 3.63) is 0 Å². The van der Waals surface area contributed by atoms with Crippen LogP contribution in [0.25, 0.3) is 0 Å². The smallest absolute Gasteiger partial charge is 0.303 e. The van der Waals surface area contributed by atoms with E-state index in [2.05, 4.69) is 20.7 Å². The van der Waals surface area contributed by atoms with Gasteiger partial charge in [-0.1, -0.05) is 0 Å². The van der Waals surface area contributed by atoms with E-state index in [0.29, 0.717) is 0 Å². The minimum absolute atomic E-state index is 0.162. The molecule has 0 spiro atoms. The van der Waals surface area contributed by atoms with E-state index in [1.165, 1.54) is 6.92 Å². The number of hydrogen-bond acceptors (Lipinski definition) is 2. The number of carbonyl (C=O) groups excluding carboxylic acids is 1. The Bertz CT molecular complexity index is 70.1. The highest BCUT2D eigenvalue weighted by atomic mass is 79.9. The molecule has 0 aromatic heterocycles. The van der Waals surface area contributed by atoms with Crippen LogP contribution in [0.1, 0.15) is 13.8 Å². The number of halogens is 1. The standard InChI is InChI=1S/C4H7BrO2/c1-3(5)7-4(2)6/h3H,1-2H3/t3-/m0/s1. The van der Waals surface area contributed by atoms with Crippen LogP contribution in [0.2, 0.25) is 0 Å². The molecule has 0 aromatic carbocycles. The van der Waals surface area contributed by atoms with Crippen molar-refractivity contribution >= 4 is 21.9 Å². The maximum absolute atomic E-state index is 10.0. The van der Waals surface area contributed by atoms with Crippen molar-refractivity contribution in [2.45, 2.75) is 18.9 Å². The van der Waals surface area contributed by atoms with E-state index in [4.69, 9.17) is 0 Å². The topological polar surface area (TPSA) is 26.3 Å². The number of carbonyl (C=O) groups is 1. The molecule has 0 aliphatic heterocycles. The molecule has 42 valence electrons. The molecule has 1 atom stereocenters. The zero-order valence-electron chi connectivity index (χ0n) is 4.27. The zero-order valence-corrected chi connectivity index (χ0v) is 5.86. The molecule has 3 heteroatoms. The third-order valence-electron chi connectivity index (χ3n) is 0.328. The summed E-state index contributed by atoms with van der Waals surface area (Å²) in [5.41, 5.74) is 0. The Labute approximate surface area is 51.0 Å². The molecule has 0 aromatic rings. The normalized spacial score (nSPS) is 13.0. The lowest BCUT2D eigenvalue weighted by Gasteiger charge is -1.99. The summed E-state index contributed by atoms with van der Waals surface area (Å²) in [6, 6.07) is 0. The van der Waals surface area contributed by atoms with Crippen LogP contribution in [0.15, 0.2) is 0 Å². The van der Waals surface area contributed by atoms with E-state index in [-0.39, 0.29) is 11.0 Å². The van der Waals surface area contributed by atoms with Crippen LogP contribution in [0.5, 0.6) is 0 Å². The van der Waals surface area contributed by atoms with Crippen LogP contribution >= 0.6 is 15.9 Å². The first-order chi connectivity index (χ1) is 3.13. The van der Waals surface area contributed by atoms with Gasteiger partial charge in [-0.05, 0) is 22.9 Å². The molecule has 0 aliphatic rings. The summed E-state index contributed by atoms with van der Waals surface area (Å²) in [6.45, 7) is 3.11. The van der Waals surface area contributed by atoms with Crippen molar-refractivity contribution in [2.24, 2.45) is 0 Å². The van der Waals surface area contributed by atoms with Crippen LogP contribution in [0, 0.1) is 0 Å². The summed E-state index contributed by atoms with van der Waals surface area (Å²) >= 11 is 3.03. The summed E-state index contributed by atoms with van der Waals surface area (Å²) in [5.74, 6) is -0.260. The zero-order chi connectivity index (χ0) is 5.86. The summed E-state index contributed by atoms with van der Waals surface area (Å²) in [7, 11) is 0. The lowest BCUT2D eigenvalue weighted by atomic mass is 10.8. The molecule has 0 unspecified atom stereocenters. The highest BCUT2D eigenvalue weighted by molar-refractivity contribution is 9.09. The summed E-state index contributed by atoms with van der Waals surface area (Å²) < 4.78 is 4.53. The van der Waals surface area contributed by atoms with E-state index >= 15 is 0 Å². The van der Waals surface area contributed by atoms with E-state index in [0.717, 1.165) is 0 Å². The average Bonchev–Trinajstić information content (AvgIpc) is 1.27. The fraction of sp³-hybridized carbons (Fsp3) is 0.750. The molecule has 0 heterocycles. The van der Waals surface area contributed by atoms with E-state index in [1.54, 1.807) is 6.92 Å². The third kappa shape index (κ3) is 5.95. The van der Waals surface area contributed by atoms with Gasteiger partial charge in [-0.25, -0.2) is 0 Å². The predicted molar refractivity (Wildman–Crippen MR) is 30.2 cm³/mol. The second kappa shape index (κ2) is 3.02. The number of alkyl halides is 1. The van der Waals surface area contributed by atoms with Crippen LogP contribution in [0.4, 0.5) is 0 Å². The van der Waals surface area contributed by atoms with Crippen LogP contribution in [0.3, 0.4) is 0 Å². The molecule has 0 saturated carbocycles. The van der Waals surface area contributed by atoms with Gasteiger partial charge >= 0.3 is 5.97 Å². The van der Waals surface area contributed by atoms with Crippen LogP contribution in [-0.2, 0) is 9.53 Å². The summed E-state index contributed by atoms with van der Waals surface area (Å²) in [5, 5.41) is -0.162. The minimum Gasteiger partial charge on any atom is -0.451 e. The van der Waals surface area contributed by atoms with Crippen molar-refractivity contribution in [1.29, 1.82) is 0 Å². The van der Waals surface area contributed by atoms with Gasteiger partial charge in [0.25, 0.3) is 0 Å². The van der Waals surface area contributed by atoms with E-state index in [1.807, 2.05) is 0 Å². The third-order valence-corrected chi connectivity index (χ3v) is 0.515. The molecule has 0 N–H and O–H groups in total. The van der Waals surface area contributed by atoms with Crippen LogP contribution < -0.4 is 0 Å². The largest absolute Gasteiger partial charge is 0.451 e. The van der Waals surface area contributed by atoms with Gasteiger partial charge < -0.3 is 4.74 Å². The molecule has 0 rings (SSSR count). The van der Waals surface area contributed by atoms with Gasteiger partial charge in [0.15, 0.2) is 5.01 Å². The Morgan fingerprint density at radius 2 is 2.29 bits per heavy atom. The first-order valence-electron chi connectivity index (χ1n) is 1.94. The van der Waals surface area contributed by atoms with Crippen molar-refractivity contribution in [1.82, 2.24) is 0 Å². The van der Waals surface area contributed by atoms with Gasteiger partial charge in [-0.15, -0.1) is 0 Å². The second-order valence-electron chi connectivity index (χ2n) is 1.15. The van der Waals surface area contributed by atoms with Gasteiger partial charge in [0.2, 0.25) is 0 Å². The van der Waals surface area contributed by atoms with Gasteiger partial charge in [-0.2, -0.15) is 0 Å². The summed E-state index contributed by atoms with van der Waals surface area (Å²) in [6.07, 6.45) is 0. The predicted octanol–water partition coefficient (Wildman–Crippen LogP) is 1.29. The molecule has 0 aliphatic carbocycles. The first-order valence-corrected chi connectivity index (χ1v) is 2.86. The van der Waals surface area contributed by atoms with Crippen molar-refractivity contribution in [3.8, 4) is 0 Å². The highest BCUT2D eigenvalue weighted by Crippen LogP contribution is 1.97. The Morgan fingerprint density at radius 1 is 1.86 bits per heavy atom. The summed E-state index contributed by atoms with van der Waals surface area (Å²) in [4.78, 5) is 10.0. The van der Waals surface area contributed by atoms with E-state index in [9.17, 15) is 4.79 Å². The number of esters is 1. The Kier molecular flexibility index (Phi) is 3.00. The average molecular weight is 167 g/mol. The number of hydrogen-bond donors (Lipinski definition) is 0. The lowest BCUT2D eigenvalue weighted by Crippen LogP contribution is -2.03. The first kappa shape index (κ1) is 6.95. The molecule has 0 saturated heterocycles. The lowest BCUT2D eigenvalue weighted by molar-refractivity contribution is -0.141. The van der Waals surface area contributed by atoms with Gasteiger partial charge in [0.05, 0.1) is 0 Å². The monoisotopic (exact) mass is 166 g/mol. The highest BCUT2D eigenvalue weighted by Gasteiger charge is 1.95. The maximum atomic E-state index is 10.0. The van der Waals surface area contributed by atoms with E-state index < -0.39 is 0 Å². The molecule has 0 bridgehead atoms. The molecular weight excluding hydrogens is 160 g/mol. The number of rotatable bonds is 1. The van der Waals surface area contributed by atoms with Crippen molar-refractivity contribution < 1.29 is 9.53 Å². The van der Waals surface area contributed by atoms with Gasteiger partial charge in [0.1, 0.15) is 0 Å². The Hall–Kier alpha value is -0.0500.